The predicted molar refractivity (Wildman–Crippen MR) is 72.4 cm³/mol. The molecule has 0 bridgehead atoms. The van der Waals surface area contributed by atoms with Crippen LogP contribution in [0.2, 0.25) is 0 Å². The number of halogens is 3. The molecule has 0 saturated heterocycles. The van der Waals surface area contributed by atoms with Crippen LogP contribution in [0.15, 0.2) is 24.3 Å². The number of anilines is 1. The smallest absolute Gasteiger partial charge is 0.376 e. The topological polar surface area (TPSA) is 41.1 Å². The zero-order chi connectivity index (χ0) is 15.2. The van der Waals surface area contributed by atoms with Gasteiger partial charge in [0.25, 0.3) is 0 Å². The summed E-state index contributed by atoms with van der Waals surface area (Å²) in [5.41, 5.74) is -0.220. The monoisotopic (exact) mass is 288 g/mol. The molecule has 1 aromatic rings. The Morgan fingerprint density at radius 2 is 1.70 bits per heavy atom. The third-order valence-electron chi connectivity index (χ3n) is 3.02. The molecule has 0 aliphatic rings. The average Bonchev–Trinajstić information content (AvgIpc) is 2.42. The first-order valence-electron chi connectivity index (χ1n) is 6.57. The van der Waals surface area contributed by atoms with Gasteiger partial charge in [0.05, 0.1) is 12.1 Å². The van der Waals surface area contributed by atoms with E-state index >= 15 is 0 Å². The fourth-order valence-electron chi connectivity index (χ4n) is 1.73. The van der Waals surface area contributed by atoms with E-state index in [-0.39, 0.29) is 18.5 Å². The molecule has 3 nitrogen and oxygen atoms in total. The SMILES string of the molecule is CCC(CC)NC(=O)CNc1ccc(C(F)(F)F)cc1. The average molecular weight is 288 g/mol. The summed E-state index contributed by atoms with van der Waals surface area (Å²) in [6, 6.07) is 4.74. The quantitative estimate of drug-likeness (QED) is 0.842. The molecule has 0 unspecified atom stereocenters. The van der Waals surface area contributed by atoms with Crippen molar-refractivity contribution in [3.63, 3.8) is 0 Å². The minimum Gasteiger partial charge on any atom is -0.376 e. The molecule has 112 valence electrons. The second kappa shape index (κ2) is 7.17. The van der Waals surface area contributed by atoms with Crippen LogP contribution in [-0.2, 0) is 11.0 Å². The summed E-state index contributed by atoms with van der Waals surface area (Å²) in [6.07, 6.45) is -2.64. The molecule has 0 aliphatic carbocycles. The Morgan fingerprint density at radius 1 is 1.15 bits per heavy atom. The van der Waals surface area contributed by atoms with Crippen molar-refractivity contribution >= 4 is 11.6 Å². The fourth-order valence-corrected chi connectivity index (χ4v) is 1.73. The number of nitrogens with one attached hydrogen (secondary N) is 2. The van der Waals surface area contributed by atoms with Crippen molar-refractivity contribution in [1.82, 2.24) is 5.32 Å². The first-order chi connectivity index (χ1) is 9.36. The van der Waals surface area contributed by atoms with E-state index in [9.17, 15) is 18.0 Å². The van der Waals surface area contributed by atoms with Crippen molar-refractivity contribution in [1.29, 1.82) is 0 Å². The molecule has 2 N–H and O–H groups in total. The lowest BCUT2D eigenvalue weighted by Crippen LogP contribution is -2.37. The highest BCUT2D eigenvalue weighted by Crippen LogP contribution is 2.29. The number of hydrogen-bond acceptors (Lipinski definition) is 2. The highest BCUT2D eigenvalue weighted by Gasteiger charge is 2.29. The molecule has 0 atom stereocenters. The van der Waals surface area contributed by atoms with Crippen LogP contribution in [0.5, 0.6) is 0 Å². The molecular weight excluding hydrogens is 269 g/mol. The van der Waals surface area contributed by atoms with Crippen molar-refractivity contribution in [2.24, 2.45) is 0 Å². The largest absolute Gasteiger partial charge is 0.416 e. The van der Waals surface area contributed by atoms with Gasteiger partial charge in [0, 0.05) is 11.7 Å². The Labute approximate surface area is 116 Å². The van der Waals surface area contributed by atoms with Crippen molar-refractivity contribution in [2.75, 3.05) is 11.9 Å². The van der Waals surface area contributed by atoms with Gasteiger partial charge in [-0.25, -0.2) is 0 Å². The Kier molecular flexibility index (Phi) is 5.85. The third-order valence-corrected chi connectivity index (χ3v) is 3.02. The van der Waals surface area contributed by atoms with Crippen molar-refractivity contribution in [3.8, 4) is 0 Å². The van der Waals surface area contributed by atoms with Crippen LogP contribution in [0.1, 0.15) is 32.3 Å². The standard InChI is InChI=1S/C14H19F3N2O/c1-3-11(4-2)19-13(20)9-18-12-7-5-10(6-8-12)14(15,16)17/h5-8,11,18H,3-4,9H2,1-2H3,(H,19,20). The van der Waals surface area contributed by atoms with Crippen molar-refractivity contribution in [3.05, 3.63) is 29.8 Å². The minimum atomic E-state index is -4.34. The molecule has 1 amide bonds. The van der Waals surface area contributed by atoms with Gasteiger partial charge < -0.3 is 10.6 Å². The second-order valence-electron chi connectivity index (χ2n) is 4.51. The van der Waals surface area contributed by atoms with E-state index in [1.54, 1.807) is 0 Å². The zero-order valence-electron chi connectivity index (χ0n) is 11.6. The lowest BCUT2D eigenvalue weighted by atomic mass is 10.2. The maximum Gasteiger partial charge on any atom is 0.416 e. The predicted octanol–water partition coefficient (Wildman–Crippen LogP) is 3.42. The van der Waals surface area contributed by atoms with Crippen LogP contribution in [0.25, 0.3) is 0 Å². The van der Waals surface area contributed by atoms with Crippen molar-refractivity contribution in [2.45, 2.75) is 38.9 Å². The molecule has 0 heterocycles. The highest BCUT2D eigenvalue weighted by atomic mass is 19.4. The second-order valence-corrected chi connectivity index (χ2v) is 4.51. The fraction of sp³-hybridized carbons (Fsp3) is 0.500. The Bertz CT molecular complexity index is 425. The normalized spacial score (nSPS) is 11.5. The van der Waals surface area contributed by atoms with Gasteiger partial charge in [-0.1, -0.05) is 13.8 Å². The van der Waals surface area contributed by atoms with Crippen LogP contribution in [-0.4, -0.2) is 18.5 Å². The van der Waals surface area contributed by atoms with E-state index in [1.165, 1.54) is 12.1 Å². The summed E-state index contributed by atoms with van der Waals surface area (Å²) in [5, 5.41) is 5.64. The number of rotatable bonds is 6. The molecule has 6 heteroatoms. The maximum absolute atomic E-state index is 12.4. The maximum atomic E-state index is 12.4. The summed E-state index contributed by atoms with van der Waals surface area (Å²) in [4.78, 5) is 11.6. The number of hydrogen-bond donors (Lipinski definition) is 2. The summed E-state index contributed by atoms with van der Waals surface area (Å²) < 4.78 is 37.1. The van der Waals surface area contributed by atoms with Crippen LogP contribution in [0, 0.1) is 0 Å². The van der Waals surface area contributed by atoms with Gasteiger partial charge in [0.1, 0.15) is 0 Å². The van der Waals surface area contributed by atoms with E-state index in [1.807, 2.05) is 13.8 Å². The van der Waals surface area contributed by atoms with E-state index in [2.05, 4.69) is 10.6 Å². The Balaban J connectivity index is 2.48. The van der Waals surface area contributed by atoms with Gasteiger partial charge in [-0.3, -0.25) is 4.79 Å². The number of benzene rings is 1. The molecule has 0 spiro atoms. The first-order valence-corrected chi connectivity index (χ1v) is 6.57. The molecule has 1 aromatic carbocycles. The van der Waals surface area contributed by atoms with Crippen LogP contribution >= 0.6 is 0 Å². The van der Waals surface area contributed by atoms with Crippen LogP contribution in [0.3, 0.4) is 0 Å². The summed E-state index contributed by atoms with van der Waals surface area (Å²) in [5.74, 6) is -0.168. The Hall–Kier alpha value is -1.72. The number of amides is 1. The summed E-state index contributed by atoms with van der Waals surface area (Å²) >= 11 is 0. The van der Waals surface area contributed by atoms with Crippen LogP contribution < -0.4 is 10.6 Å². The zero-order valence-corrected chi connectivity index (χ0v) is 11.6. The van der Waals surface area contributed by atoms with Gasteiger partial charge in [-0.2, -0.15) is 13.2 Å². The highest BCUT2D eigenvalue weighted by molar-refractivity contribution is 5.80. The van der Waals surface area contributed by atoms with E-state index in [0.29, 0.717) is 5.69 Å². The molecule has 0 aromatic heterocycles. The van der Waals surface area contributed by atoms with Crippen molar-refractivity contribution < 1.29 is 18.0 Å². The van der Waals surface area contributed by atoms with Gasteiger partial charge in [0.2, 0.25) is 5.91 Å². The molecule has 0 fully saturated rings. The van der Waals surface area contributed by atoms with Crippen LogP contribution in [0.4, 0.5) is 18.9 Å². The third kappa shape index (κ3) is 5.11. The van der Waals surface area contributed by atoms with Gasteiger partial charge >= 0.3 is 6.18 Å². The number of alkyl halides is 3. The minimum absolute atomic E-state index is 0.0435. The van der Waals surface area contributed by atoms with Gasteiger partial charge in [-0.05, 0) is 37.1 Å². The molecule has 20 heavy (non-hydrogen) atoms. The van der Waals surface area contributed by atoms with Gasteiger partial charge in [0.15, 0.2) is 0 Å². The lowest BCUT2D eigenvalue weighted by molar-refractivity contribution is -0.137. The summed E-state index contributed by atoms with van der Waals surface area (Å²) in [7, 11) is 0. The molecule has 0 aliphatic heterocycles. The summed E-state index contributed by atoms with van der Waals surface area (Å²) in [6.45, 7) is 4.01. The first kappa shape index (κ1) is 16.3. The van der Waals surface area contributed by atoms with E-state index < -0.39 is 11.7 Å². The lowest BCUT2D eigenvalue weighted by Gasteiger charge is -2.15. The molecule has 0 radical (unpaired) electrons. The van der Waals surface area contributed by atoms with E-state index in [4.69, 9.17) is 0 Å². The van der Waals surface area contributed by atoms with E-state index in [0.717, 1.165) is 25.0 Å². The Morgan fingerprint density at radius 3 is 2.15 bits per heavy atom. The number of carbonyl (C=O) groups is 1. The molecule has 1 rings (SSSR count). The molecule has 0 saturated carbocycles. The molecular formula is C14H19F3N2O. The number of carbonyl (C=O) groups excluding carboxylic acids is 1. The van der Waals surface area contributed by atoms with Gasteiger partial charge in [-0.15, -0.1) is 0 Å².